The molecule has 1 aliphatic rings. The van der Waals surface area contributed by atoms with Crippen LogP contribution in [0.15, 0.2) is 77.6 Å². The van der Waals surface area contributed by atoms with Gasteiger partial charge in [0.15, 0.2) is 0 Å². The lowest BCUT2D eigenvalue weighted by molar-refractivity contribution is 0.0706. The smallest absolute Gasteiger partial charge is 0.274 e. The lowest BCUT2D eigenvalue weighted by atomic mass is 9.99. The van der Waals surface area contributed by atoms with Gasteiger partial charge in [-0.3, -0.25) is 19.4 Å². The molecule has 1 aromatic heterocycles. The average molecular weight is 551 g/mol. The van der Waals surface area contributed by atoms with E-state index in [9.17, 15) is 14.9 Å². The fraction of sp³-hybridized carbons (Fsp3) is 0.226. The monoisotopic (exact) mass is 550 g/mol. The standard InChI is InChI=1S/C31H30N6O4/c1-36-30(39)27(22-10-12-26(13-11-22)41-19-21-4-8-24(9-5-21)29(38)35-40)28(23-6-2-20(18-32)3-7-23)34-31(36)37-16-14-25(33)15-17-37/h2-13,25,40H,14-17,19,33H2,1H3,(H,35,38). The number of anilines is 1. The van der Waals surface area contributed by atoms with Crippen molar-refractivity contribution >= 4 is 11.9 Å². The number of benzene rings is 3. The summed E-state index contributed by atoms with van der Waals surface area (Å²) in [6.45, 7) is 1.71. The molecule has 0 unspecified atom stereocenters. The van der Waals surface area contributed by atoms with Crippen molar-refractivity contribution < 1.29 is 14.7 Å². The molecule has 0 aliphatic carbocycles. The second-order valence-corrected chi connectivity index (χ2v) is 9.96. The summed E-state index contributed by atoms with van der Waals surface area (Å²) in [5, 5.41) is 18.0. The van der Waals surface area contributed by atoms with Gasteiger partial charge in [-0.2, -0.15) is 5.26 Å². The first-order valence-corrected chi connectivity index (χ1v) is 13.3. The normalized spacial score (nSPS) is 13.5. The largest absolute Gasteiger partial charge is 0.489 e. The van der Waals surface area contributed by atoms with Crippen LogP contribution in [0.2, 0.25) is 0 Å². The first-order chi connectivity index (χ1) is 19.9. The molecule has 4 aromatic rings. The molecule has 4 N–H and O–H groups in total. The second-order valence-electron chi connectivity index (χ2n) is 9.96. The number of carbonyl (C=O) groups excluding carboxylic acids is 1. The van der Waals surface area contributed by atoms with Gasteiger partial charge in [-0.15, -0.1) is 0 Å². The molecule has 208 valence electrons. The fourth-order valence-corrected chi connectivity index (χ4v) is 4.85. The zero-order valence-corrected chi connectivity index (χ0v) is 22.6. The lowest BCUT2D eigenvalue weighted by Gasteiger charge is -2.32. The van der Waals surface area contributed by atoms with Gasteiger partial charge in [0.2, 0.25) is 5.95 Å². The van der Waals surface area contributed by atoms with E-state index in [2.05, 4.69) is 11.0 Å². The maximum absolute atomic E-state index is 13.9. The van der Waals surface area contributed by atoms with Crippen LogP contribution in [0.25, 0.3) is 22.4 Å². The predicted octanol–water partition coefficient (Wildman–Crippen LogP) is 3.61. The molecule has 1 saturated heterocycles. The minimum Gasteiger partial charge on any atom is -0.489 e. The number of hydroxylamine groups is 1. The van der Waals surface area contributed by atoms with Crippen molar-refractivity contribution in [3.05, 3.63) is 99.8 Å². The number of piperidine rings is 1. The zero-order valence-electron chi connectivity index (χ0n) is 22.6. The van der Waals surface area contributed by atoms with Crippen LogP contribution in [0.3, 0.4) is 0 Å². The number of rotatable bonds is 7. The lowest BCUT2D eigenvalue weighted by Crippen LogP contribution is -2.42. The molecule has 1 aliphatic heterocycles. The molecule has 41 heavy (non-hydrogen) atoms. The van der Waals surface area contributed by atoms with Gasteiger partial charge in [-0.05, 0) is 60.4 Å². The molecule has 10 heteroatoms. The minimum absolute atomic E-state index is 0.147. The van der Waals surface area contributed by atoms with E-state index < -0.39 is 5.91 Å². The first kappa shape index (κ1) is 27.6. The molecular formula is C31H30N6O4. The van der Waals surface area contributed by atoms with E-state index in [0.717, 1.165) is 37.1 Å². The maximum Gasteiger partial charge on any atom is 0.274 e. The van der Waals surface area contributed by atoms with Gasteiger partial charge in [-0.1, -0.05) is 36.4 Å². The molecule has 0 spiro atoms. The number of carbonyl (C=O) groups is 1. The molecule has 0 atom stereocenters. The van der Waals surface area contributed by atoms with Crippen LogP contribution in [0.1, 0.15) is 34.3 Å². The van der Waals surface area contributed by atoms with Crippen LogP contribution in [-0.2, 0) is 13.7 Å². The van der Waals surface area contributed by atoms with Gasteiger partial charge in [0, 0.05) is 37.3 Å². The van der Waals surface area contributed by atoms with Crippen molar-refractivity contribution in [2.45, 2.75) is 25.5 Å². The van der Waals surface area contributed by atoms with Crippen molar-refractivity contribution in [1.29, 1.82) is 5.26 Å². The predicted molar refractivity (Wildman–Crippen MR) is 155 cm³/mol. The van der Waals surface area contributed by atoms with Crippen LogP contribution < -0.4 is 26.4 Å². The molecule has 2 heterocycles. The van der Waals surface area contributed by atoms with Gasteiger partial charge in [0.25, 0.3) is 11.5 Å². The van der Waals surface area contributed by atoms with Gasteiger partial charge in [0.1, 0.15) is 12.4 Å². The molecule has 0 saturated carbocycles. The van der Waals surface area contributed by atoms with Crippen LogP contribution >= 0.6 is 0 Å². The third-order valence-electron chi connectivity index (χ3n) is 7.24. The van der Waals surface area contributed by atoms with E-state index >= 15 is 0 Å². The Hall–Kier alpha value is -4.98. The number of amides is 1. The molecule has 1 fully saturated rings. The van der Waals surface area contributed by atoms with E-state index in [1.54, 1.807) is 65.6 Å². The molecule has 10 nitrogen and oxygen atoms in total. The summed E-state index contributed by atoms with van der Waals surface area (Å²) in [6, 6.07) is 23.3. The highest BCUT2D eigenvalue weighted by Crippen LogP contribution is 2.31. The van der Waals surface area contributed by atoms with Crippen LogP contribution in [0, 0.1) is 11.3 Å². The van der Waals surface area contributed by atoms with Crippen molar-refractivity contribution in [2.75, 3.05) is 18.0 Å². The summed E-state index contributed by atoms with van der Waals surface area (Å²) in [5.74, 6) is 0.617. The molecule has 0 bridgehead atoms. The second kappa shape index (κ2) is 12.0. The Labute approximate surface area is 237 Å². The Morgan fingerprint density at radius 2 is 1.68 bits per heavy atom. The Morgan fingerprint density at radius 3 is 2.29 bits per heavy atom. The van der Waals surface area contributed by atoms with Crippen molar-refractivity contribution in [2.24, 2.45) is 12.8 Å². The van der Waals surface area contributed by atoms with Crippen LogP contribution in [0.5, 0.6) is 5.75 Å². The number of nitriles is 1. The van der Waals surface area contributed by atoms with Crippen molar-refractivity contribution in [3.63, 3.8) is 0 Å². The van der Waals surface area contributed by atoms with Crippen LogP contribution in [-0.4, -0.2) is 39.8 Å². The number of ether oxygens (including phenoxy) is 1. The highest BCUT2D eigenvalue weighted by atomic mass is 16.5. The maximum atomic E-state index is 13.9. The van der Waals surface area contributed by atoms with E-state index in [0.29, 0.717) is 39.6 Å². The molecule has 1 amide bonds. The topological polar surface area (TPSA) is 146 Å². The molecule has 5 rings (SSSR count). The Balaban J connectivity index is 1.45. The Morgan fingerprint density at radius 1 is 1.05 bits per heavy atom. The molecule has 0 radical (unpaired) electrons. The van der Waals surface area contributed by atoms with Gasteiger partial charge in [-0.25, -0.2) is 10.5 Å². The zero-order chi connectivity index (χ0) is 28.9. The first-order valence-electron chi connectivity index (χ1n) is 13.3. The summed E-state index contributed by atoms with van der Waals surface area (Å²) in [6.07, 6.45) is 1.65. The van der Waals surface area contributed by atoms with E-state index in [-0.39, 0.29) is 18.2 Å². The summed E-state index contributed by atoms with van der Waals surface area (Å²) < 4.78 is 7.50. The minimum atomic E-state index is -0.581. The van der Waals surface area contributed by atoms with Gasteiger partial charge >= 0.3 is 0 Å². The molecular weight excluding hydrogens is 520 g/mol. The van der Waals surface area contributed by atoms with E-state index in [1.165, 1.54) is 0 Å². The van der Waals surface area contributed by atoms with Crippen LogP contribution in [0.4, 0.5) is 5.95 Å². The highest BCUT2D eigenvalue weighted by Gasteiger charge is 2.24. The quantitative estimate of drug-likeness (QED) is 0.234. The Kier molecular flexibility index (Phi) is 8.10. The van der Waals surface area contributed by atoms with E-state index in [4.69, 9.17) is 20.7 Å². The van der Waals surface area contributed by atoms with Gasteiger partial charge < -0.3 is 15.4 Å². The van der Waals surface area contributed by atoms with E-state index in [1.807, 2.05) is 24.3 Å². The number of aromatic nitrogens is 2. The SMILES string of the molecule is Cn1c(N2CCC(N)CC2)nc(-c2ccc(C#N)cc2)c(-c2ccc(OCc3ccc(C(=O)NO)cc3)cc2)c1=O. The van der Waals surface area contributed by atoms with Crippen molar-refractivity contribution in [3.8, 4) is 34.2 Å². The fourth-order valence-electron chi connectivity index (χ4n) is 4.85. The van der Waals surface area contributed by atoms with Crippen molar-refractivity contribution in [1.82, 2.24) is 15.0 Å². The third-order valence-corrected chi connectivity index (χ3v) is 7.24. The number of nitrogens with zero attached hydrogens (tertiary/aromatic N) is 4. The Bertz CT molecular complexity index is 1630. The number of hydrogen-bond donors (Lipinski definition) is 3. The number of nitrogens with two attached hydrogens (primary N) is 1. The number of nitrogens with one attached hydrogen (secondary N) is 1. The molecule has 3 aromatic carbocycles. The summed E-state index contributed by atoms with van der Waals surface area (Å²) in [4.78, 5) is 32.5. The summed E-state index contributed by atoms with van der Waals surface area (Å²) >= 11 is 0. The summed E-state index contributed by atoms with van der Waals surface area (Å²) in [7, 11) is 1.73. The van der Waals surface area contributed by atoms with Gasteiger partial charge in [0.05, 0.1) is 22.9 Å². The highest BCUT2D eigenvalue weighted by molar-refractivity contribution is 5.93. The number of hydrogen-bond acceptors (Lipinski definition) is 8. The summed E-state index contributed by atoms with van der Waals surface area (Å²) in [5.41, 5.74) is 11.7. The average Bonchev–Trinajstić information content (AvgIpc) is 3.02. The third kappa shape index (κ3) is 5.96.